The Kier molecular flexibility index (Phi) is 4.42. The maximum absolute atomic E-state index is 12.0. The summed E-state index contributed by atoms with van der Waals surface area (Å²) >= 11 is 7.30. The van der Waals surface area contributed by atoms with Crippen LogP contribution >= 0.6 is 23.1 Å². The number of amides is 1. The second-order valence-electron chi connectivity index (χ2n) is 4.75. The number of rotatable bonds is 4. The van der Waals surface area contributed by atoms with Gasteiger partial charge < -0.3 is 10.4 Å². The van der Waals surface area contributed by atoms with E-state index in [2.05, 4.69) is 9.69 Å². The molecule has 1 aromatic carbocycles. The van der Waals surface area contributed by atoms with Gasteiger partial charge in [0.05, 0.1) is 17.8 Å². The summed E-state index contributed by atoms with van der Waals surface area (Å²) in [6.45, 7) is 3.47. The Balaban J connectivity index is 2.08. The van der Waals surface area contributed by atoms with Crippen LogP contribution in [0.5, 0.6) is 0 Å². The first-order chi connectivity index (χ1) is 9.42. The SMILES string of the molecule is Cc1nscc1C(=O)NC[C@@](C)(O)c1ccccc1Cl. The van der Waals surface area contributed by atoms with Crippen molar-refractivity contribution < 1.29 is 9.90 Å². The Morgan fingerprint density at radius 2 is 2.20 bits per heavy atom. The van der Waals surface area contributed by atoms with Gasteiger partial charge in [0.15, 0.2) is 0 Å². The molecule has 2 N–H and O–H groups in total. The van der Waals surface area contributed by atoms with E-state index in [9.17, 15) is 9.90 Å². The minimum Gasteiger partial charge on any atom is -0.384 e. The highest BCUT2D eigenvalue weighted by atomic mass is 35.5. The first-order valence-corrected chi connectivity index (χ1v) is 7.30. The molecule has 20 heavy (non-hydrogen) atoms. The molecule has 106 valence electrons. The average Bonchev–Trinajstić information content (AvgIpc) is 2.83. The van der Waals surface area contributed by atoms with Crippen LogP contribution in [0.2, 0.25) is 5.02 Å². The van der Waals surface area contributed by atoms with E-state index < -0.39 is 5.60 Å². The summed E-state index contributed by atoms with van der Waals surface area (Å²) in [6, 6.07) is 7.04. The Morgan fingerprint density at radius 1 is 1.50 bits per heavy atom. The molecule has 2 rings (SSSR count). The first kappa shape index (κ1) is 15.0. The van der Waals surface area contributed by atoms with Crippen LogP contribution in [-0.4, -0.2) is 21.9 Å². The van der Waals surface area contributed by atoms with E-state index in [-0.39, 0.29) is 12.5 Å². The average molecular weight is 311 g/mol. The number of carbonyl (C=O) groups excluding carboxylic acids is 1. The summed E-state index contributed by atoms with van der Waals surface area (Å²) in [7, 11) is 0. The molecule has 6 heteroatoms. The van der Waals surface area contributed by atoms with E-state index >= 15 is 0 Å². The van der Waals surface area contributed by atoms with E-state index in [0.29, 0.717) is 21.8 Å². The molecular formula is C14H15ClN2O2S. The van der Waals surface area contributed by atoms with Crippen molar-refractivity contribution in [1.82, 2.24) is 9.69 Å². The van der Waals surface area contributed by atoms with Crippen molar-refractivity contribution >= 4 is 29.0 Å². The number of aliphatic hydroxyl groups is 1. The smallest absolute Gasteiger partial charge is 0.254 e. The molecular weight excluding hydrogens is 296 g/mol. The fourth-order valence-corrected chi connectivity index (χ4v) is 2.88. The van der Waals surface area contributed by atoms with Gasteiger partial charge in [-0.1, -0.05) is 29.8 Å². The third-order valence-corrected chi connectivity index (χ3v) is 4.09. The van der Waals surface area contributed by atoms with Crippen molar-refractivity contribution in [3.8, 4) is 0 Å². The molecule has 2 aromatic rings. The van der Waals surface area contributed by atoms with Gasteiger partial charge in [-0.3, -0.25) is 4.79 Å². The maximum atomic E-state index is 12.0. The second kappa shape index (κ2) is 5.91. The second-order valence-corrected chi connectivity index (χ2v) is 5.79. The van der Waals surface area contributed by atoms with Crippen LogP contribution in [0, 0.1) is 6.92 Å². The number of hydrogen-bond donors (Lipinski definition) is 2. The van der Waals surface area contributed by atoms with Gasteiger partial charge in [0.1, 0.15) is 5.60 Å². The normalized spacial score (nSPS) is 13.8. The predicted molar refractivity (Wildman–Crippen MR) is 80.2 cm³/mol. The van der Waals surface area contributed by atoms with E-state index in [1.165, 1.54) is 11.5 Å². The summed E-state index contributed by atoms with van der Waals surface area (Å²) in [5.41, 5.74) is 0.572. The number of aromatic nitrogens is 1. The Hall–Kier alpha value is -1.43. The van der Waals surface area contributed by atoms with Crippen molar-refractivity contribution in [3.63, 3.8) is 0 Å². The van der Waals surface area contributed by atoms with Crippen molar-refractivity contribution in [2.45, 2.75) is 19.4 Å². The van der Waals surface area contributed by atoms with Gasteiger partial charge in [0, 0.05) is 16.0 Å². The first-order valence-electron chi connectivity index (χ1n) is 6.08. The molecule has 0 aliphatic rings. The third-order valence-electron chi connectivity index (χ3n) is 3.04. The third kappa shape index (κ3) is 3.17. The van der Waals surface area contributed by atoms with Gasteiger partial charge in [0.2, 0.25) is 0 Å². The highest BCUT2D eigenvalue weighted by Crippen LogP contribution is 2.27. The van der Waals surface area contributed by atoms with E-state index in [4.69, 9.17) is 11.6 Å². The zero-order valence-electron chi connectivity index (χ0n) is 11.2. The fraction of sp³-hybridized carbons (Fsp3) is 0.286. The van der Waals surface area contributed by atoms with Gasteiger partial charge in [-0.25, -0.2) is 0 Å². The Morgan fingerprint density at radius 3 is 2.80 bits per heavy atom. The summed E-state index contributed by atoms with van der Waals surface area (Å²) in [5, 5.41) is 15.3. The standard InChI is InChI=1S/C14H15ClN2O2S/c1-9-10(7-20-17-9)13(18)16-8-14(2,19)11-5-3-4-6-12(11)15/h3-7,19H,8H2,1-2H3,(H,16,18)/t14-/m1/s1. The molecule has 0 radical (unpaired) electrons. The number of benzene rings is 1. The minimum absolute atomic E-state index is 0.0743. The quantitative estimate of drug-likeness (QED) is 0.912. The van der Waals surface area contributed by atoms with Gasteiger partial charge in [-0.2, -0.15) is 4.37 Å². The lowest BCUT2D eigenvalue weighted by atomic mass is 9.96. The van der Waals surface area contributed by atoms with Crippen LogP contribution in [0.15, 0.2) is 29.6 Å². The molecule has 0 bridgehead atoms. The van der Waals surface area contributed by atoms with E-state index in [1.807, 2.05) is 0 Å². The molecule has 0 saturated carbocycles. The van der Waals surface area contributed by atoms with Gasteiger partial charge >= 0.3 is 0 Å². The fourth-order valence-electron chi connectivity index (χ4n) is 1.85. The summed E-state index contributed by atoms with van der Waals surface area (Å²) in [6.07, 6.45) is 0. The minimum atomic E-state index is -1.23. The lowest BCUT2D eigenvalue weighted by Crippen LogP contribution is -2.38. The molecule has 0 fully saturated rings. The molecule has 0 unspecified atom stereocenters. The lowest BCUT2D eigenvalue weighted by Gasteiger charge is -2.25. The number of halogens is 1. The molecule has 1 atom stereocenters. The summed E-state index contributed by atoms with van der Waals surface area (Å²) in [5.74, 6) is -0.247. The topological polar surface area (TPSA) is 62.2 Å². The van der Waals surface area contributed by atoms with Gasteiger partial charge in [-0.05, 0) is 31.4 Å². The Labute approximate surface area is 126 Å². The molecule has 1 amide bonds. The van der Waals surface area contributed by atoms with Crippen molar-refractivity contribution in [2.75, 3.05) is 6.54 Å². The number of nitrogens with one attached hydrogen (secondary N) is 1. The van der Waals surface area contributed by atoms with Crippen LogP contribution < -0.4 is 5.32 Å². The monoisotopic (exact) mass is 310 g/mol. The molecule has 0 saturated heterocycles. The Bertz CT molecular complexity index is 625. The van der Waals surface area contributed by atoms with Gasteiger partial charge in [0.25, 0.3) is 5.91 Å². The molecule has 0 aliphatic heterocycles. The van der Waals surface area contributed by atoms with Crippen LogP contribution in [0.1, 0.15) is 28.5 Å². The van der Waals surface area contributed by atoms with Crippen LogP contribution in [0.4, 0.5) is 0 Å². The van der Waals surface area contributed by atoms with Crippen molar-refractivity contribution in [1.29, 1.82) is 0 Å². The number of carbonyl (C=O) groups is 1. The van der Waals surface area contributed by atoms with Crippen molar-refractivity contribution in [2.24, 2.45) is 0 Å². The lowest BCUT2D eigenvalue weighted by molar-refractivity contribution is 0.0527. The number of hydrogen-bond acceptors (Lipinski definition) is 4. The van der Waals surface area contributed by atoms with Crippen LogP contribution in [0.25, 0.3) is 0 Å². The summed E-state index contributed by atoms with van der Waals surface area (Å²) < 4.78 is 4.05. The highest BCUT2D eigenvalue weighted by molar-refractivity contribution is 7.03. The van der Waals surface area contributed by atoms with E-state index in [0.717, 1.165) is 0 Å². The zero-order valence-corrected chi connectivity index (χ0v) is 12.8. The molecule has 0 spiro atoms. The molecule has 4 nitrogen and oxygen atoms in total. The molecule has 1 heterocycles. The molecule has 0 aliphatic carbocycles. The van der Waals surface area contributed by atoms with E-state index in [1.54, 1.807) is 43.5 Å². The van der Waals surface area contributed by atoms with Crippen LogP contribution in [-0.2, 0) is 5.60 Å². The zero-order chi connectivity index (χ0) is 14.8. The largest absolute Gasteiger partial charge is 0.384 e. The number of nitrogens with zero attached hydrogens (tertiary/aromatic N) is 1. The summed E-state index contributed by atoms with van der Waals surface area (Å²) in [4.78, 5) is 12.0. The predicted octanol–water partition coefficient (Wildman–Crippen LogP) is 2.74. The van der Waals surface area contributed by atoms with Gasteiger partial charge in [-0.15, -0.1) is 0 Å². The molecule has 1 aromatic heterocycles. The highest BCUT2D eigenvalue weighted by Gasteiger charge is 2.26. The maximum Gasteiger partial charge on any atom is 0.254 e. The van der Waals surface area contributed by atoms with Crippen molar-refractivity contribution in [3.05, 3.63) is 51.5 Å². The number of aryl methyl sites for hydroxylation is 1. The van der Waals surface area contributed by atoms with Crippen LogP contribution in [0.3, 0.4) is 0 Å².